The first kappa shape index (κ1) is 14.5. The largest absolute Gasteiger partial charge is 0.481 e. The molecule has 1 amide bonds. The second kappa shape index (κ2) is 6.00. The number of morpholine rings is 1. The quantitative estimate of drug-likeness (QED) is 0.910. The summed E-state index contributed by atoms with van der Waals surface area (Å²) in [4.78, 5) is 24.6. The highest BCUT2D eigenvalue weighted by molar-refractivity contribution is 5.95. The number of carboxylic acids is 1. The van der Waals surface area contributed by atoms with Crippen LogP contribution in [0.15, 0.2) is 18.2 Å². The van der Waals surface area contributed by atoms with Crippen molar-refractivity contribution in [3.8, 4) is 0 Å². The zero-order chi connectivity index (χ0) is 14.7. The molecule has 1 heterocycles. The van der Waals surface area contributed by atoms with Crippen molar-refractivity contribution < 1.29 is 23.8 Å². The number of rotatable bonds is 3. The van der Waals surface area contributed by atoms with Crippen LogP contribution in [0.3, 0.4) is 0 Å². The van der Waals surface area contributed by atoms with Crippen LogP contribution in [0.5, 0.6) is 0 Å². The molecule has 1 unspecified atom stereocenters. The number of nitrogens with zero attached hydrogens (tertiary/aromatic N) is 1. The number of aryl methyl sites for hydroxylation is 1. The van der Waals surface area contributed by atoms with Crippen molar-refractivity contribution in [3.05, 3.63) is 35.1 Å². The van der Waals surface area contributed by atoms with Crippen LogP contribution in [0, 0.1) is 12.7 Å². The molecule has 0 spiro atoms. The Labute approximate surface area is 116 Å². The number of amides is 1. The van der Waals surface area contributed by atoms with Gasteiger partial charge in [0.05, 0.1) is 19.1 Å². The maximum absolute atomic E-state index is 13.3. The Morgan fingerprint density at radius 1 is 1.50 bits per heavy atom. The minimum atomic E-state index is -0.966. The van der Waals surface area contributed by atoms with Gasteiger partial charge in [0.1, 0.15) is 5.82 Å². The van der Waals surface area contributed by atoms with Crippen LogP contribution in [-0.2, 0) is 9.53 Å². The lowest BCUT2D eigenvalue weighted by atomic mass is 10.1. The number of benzene rings is 1. The molecule has 6 heteroatoms. The first-order chi connectivity index (χ1) is 9.47. The summed E-state index contributed by atoms with van der Waals surface area (Å²) in [5.74, 6) is -1.72. The Balaban J connectivity index is 2.12. The third kappa shape index (κ3) is 3.33. The highest BCUT2D eigenvalue weighted by Gasteiger charge is 2.27. The smallest absolute Gasteiger partial charge is 0.306 e. The van der Waals surface area contributed by atoms with E-state index in [0.29, 0.717) is 17.7 Å². The first-order valence-corrected chi connectivity index (χ1v) is 6.36. The van der Waals surface area contributed by atoms with Gasteiger partial charge in [0.25, 0.3) is 5.91 Å². The molecule has 0 radical (unpaired) electrons. The number of carbonyl (C=O) groups excluding carboxylic acids is 1. The van der Waals surface area contributed by atoms with Crippen molar-refractivity contribution in [2.24, 2.45) is 0 Å². The molecular formula is C14H16FNO4. The van der Waals surface area contributed by atoms with E-state index in [9.17, 15) is 14.0 Å². The Hall–Kier alpha value is -1.95. The van der Waals surface area contributed by atoms with Gasteiger partial charge in [0.15, 0.2) is 0 Å². The Kier molecular flexibility index (Phi) is 4.34. The molecule has 5 nitrogen and oxygen atoms in total. The van der Waals surface area contributed by atoms with Crippen molar-refractivity contribution in [2.45, 2.75) is 19.4 Å². The van der Waals surface area contributed by atoms with E-state index in [-0.39, 0.29) is 25.5 Å². The molecule has 0 saturated carbocycles. The molecule has 0 aromatic heterocycles. The maximum atomic E-state index is 13.3. The van der Waals surface area contributed by atoms with Crippen molar-refractivity contribution in [3.63, 3.8) is 0 Å². The number of hydrogen-bond donors (Lipinski definition) is 1. The highest BCUT2D eigenvalue weighted by Crippen LogP contribution is 2.16. The van der Waals surface area contributed by atoms with Gasteiger partial charge in [-0.2, -0.15) is 0 Å². The lowest BCUT2D eigenvalue weighted by Crippen LogP contribution is -2.46. The number of carboxylic acid groups (broad SMARTS) is 1. The predicted molar refractivity (Wildman–Crippen MR) is 69.0 cm³/mol. The second-order valence-electron chi connectivity index (χ2n) is 4.80. The van der Waals surface area contributed by atoms with E-state index in [4.69, 9.17) is 9.84 Å². The number of carbonyl (C=O) groups is 2. The molecule has 0 aliphatic carbocycles. The normalized spacial score (nSPS) is 18.9. The molecule has 1 N–H and O–H groups in total. The topological polar surface area (TPSA) is 66.8 Å². The molecule has 108 valence electrons. The Bertz CT molecular complexity index is 532. The summed E-state index contributed by atoms with van der Waals surface area (Å²) in [6.45, 7) is 2.62. The van der Waals surface area contributed by atoms with Crippen LogP contribution >= 0.6 is 0 Å². The van der Waals surface area contributed by atoms with E-state index in [2.05, 4.69) is 0 Å². The van der Waals surface area contributed by atoms with E-state index in [1.165, 1.54) is 17.0 Å². The summed E-state index contributed by atoms with van der Waals surface area (Å²) < 4.78 is 18.6. The summed E-state index contributed by atoms with van der Waals surface area (Å²) >= 11 is 0. The summed E-state index contributed by atoms with van der Waals surface area (Å²) in [7, 11) is 0. The molecule has 1 aliphatic heterocycles. The van der Waals surface area contributed by atoms with Crippen molar-refractivity contribution in [2.75, 3.05) is 19.7 Å². The average molecular weight is 281 g/mol. The number of ether oxygens (including phenoxy) is 1. The lowest BCUT2D eigenvalue weighted by molar-refractivity contribution is -0.141. The zero-order valence-electron chi connectivity index (χ0n) is 11.1. The van der Waals surface area contributed by atoms with Gasteiger partial charge in [-0.1, -0.05) is 6.07 Å². The highest BCUT2D eigenvalue weighted by atomic mass is 19.1. The third-order valence-electron chi connectivity index (χ3n) is 3.26. The fourth-order valence-corrected chi connectivity index (χ4v) is 2.22. The Morgan fingerprint density at radius 3 is 2.95 bits per heavy atom. The SMILES string of the molecule is Cc1ccc(F)cc1C(=O)N1CCOC(CC(=O)O)C1. The molecule has 20 heavy (non-hydrogen) atoms. The molecule has 2 rings (SSSR count). The average Bonchev–Trinajstić information content (AvgIpc) is 2.40. The molecule has 1 atom stereocenters. The zero-order valence-corrected chi connectivity index (χ0v) is 11.1. The summed E-state index contributed by atoms with van der Waals surface area (Å²) in [6, 6.07) is 4.07. The van der Waals surface area contributed by atoms with Crippen LogP contribution in [0.4, 0.5) is 4.39 Å². The molecule has 1 fully saturated rings. The van der Waals surface area contributed by atoms with E-state index < -0.39 is 17.9 Å². The second-order valence-corrected chi connectivity index (χ2v) is 4.80. The fourth-order valence-electron chi connectivity index (χ4n) is 2.22. The van der Waals surface area contributed by atoms with Gasteiger partial charge in [-0.05, 0) is 24.6 Å². The maximum Gasteiger partial charge on any atom is 0.306 e. The molecule has 1 aromatic carbocycles. The van der Waals surface area contributed by atoms with Crippen molar-refractivity contribution in [1.29, 1.82) is 0 Å². The monoisotopic (exact) mass is 281 g/mol. The third-order valence-corrected chi connectivity index (χ3v) is 3.26. The minimum Gasteiger partial charge on any atom is -0.481 e. The van der Waals surface area contributed by atoms with Crippen LogP contribution in [-0.4, -0.2) is 47.7 Å². The minimum absolute atomic E-state index is 0.147. The molecular weight excluding hydrogens is 265 g/mol. The van der Waals surface area contributed by atoms with Crippen molar-refractivity contribution in [1.82, 2.24) is 4.90 Å². The summed E-state index contributed by atoms with van der Waals surface area (Å²) in [5, 5.41) is 8.76. The van der Waals surface area contributed by atoms with Crippen molar-refractivity contribution >= 4 is 11.9 Å². The predicted octanol–water partition coefficient (Wildman–Crippen LogP) is 1.45. The molecule has 1 aliphatic rings. The van der Waals surface area contributed by atoms with Gasteiger partial charge in [-0.3, -0.25) is 9.59 Å². The van der Waals surface area contributed by atoms with E-state index >= 15 is 0 Å². The molecule has 1 saturated heterocycles. The van der Waals surface area contributed by atoms with Gasteiger partial charge in [-0.25, -0.2) is 4.39 Å². The van der Waals surface area contributed by atoms with Gasteiger partial charge >= 0.3 is 5.97 Å². The van der Waals surface area contributed by atoms with Gasteiger partial charge in [-0.15, -0.1) is 0 Å². The van der Waals surface area contributed by atoms with Crippen LogP contribution < -0.4 is 0 Å². The standard InChI is InChI=1S/C14H16FNO4/c1-9-2-3-10(15)6-12(9)14(19)16-4-5-20-11(8-16)7-13(17)18/h2-3,6,11H,4-5,7-8H2,1H3,(H,17,18). The number of aliphatic carboxylic acids is 1. The number of hydrogen-bond acceptors (Lipinski definition) is 3. The molecule has 1 aromatic rings. The van der Waals surface area contributed by atoms with Gasteiger partial charge < -0.3 is 14.7 Å². The first-order valence-electron chi connectivity index (χ1n) is 6.36. The fraction of sp³-hybridized carbons (Fsp3) is 0.429. The van der Waals surface area contributed by atoms with Crippen LogP contribution in [0.1, 0.15) is 22.3 Å². The lowest BCUT2D eigenvalue weighted by Gasteiger charge is -2.32. The van der Waals surface area contributed by atoms with Crippen LogP contribution in [0.25, 0.3) is 0 Å². The van der Waals surface area contributed by atoms with E-state index in [1.54, 1.807) is 13.0 Å². The molecule has 0 bridgehead atoms. The Morgan fingerprint density at radius 2 is 2.25 bits per heavy atom. The van der Waals surface area contributed by atoms with E-state index in [0.717, 1.165) is 0 Å². The number of halogens is 1. The van der Waals surface area contributed by atoms with E-state index in [1.807, 2.05) is 0 Å². The summed E-state index contributed by atoms with van der Waals surface area (Å²) in [6.07, 6.45) is -0.662. The summed E-state index contributed by atoms with van der Waals surface area (Å²) in [5.41, 5.74) is 0.999. The van der Waals surface area contributed by atoms with Gasteiger partial charge in [0.2, 0.25) is 0 Å². The van der Waals surface area contributed by atoms with Gasteiger partial charge in [0, 0.05) is 18.7 Å². The van der Waals surface area contributed by atoms with Crippen LogP contribution in [0.2, 0.25) is 0 Å².